The van der Waals surface area contributed by atoms with Crippen LogP contribution in [0.1, 0.15) is 25.0 Å². The van der Waals surface area contributed by atoms with E-state index in [1.54, 1.807) is 19.5 Å². The van der Waals surface area contributed by atoms with Crippen molar-refractivity contribution < 1.29 is 4.74 Å². The van der Waals surface area contributed by atoms with E-state index in [9.17, 15) is 0 Å². The number of aromatic nitrogens is 2. The van der Waals surface area contributed by atoms with Gasteiger partial charge in [-0.25, -0.2) is 0 Å². The third-order valence-electron chi connectivity index (χ3n) is 4.31. The fourth-order valence-corrected chi connectivity index (χ4v) is 3.08. The summed E-state index contributed by atoms with van der Waals surface area (Å²) in [5.41, 5.74) is 3.22. The van der Waals surface area contributed by atoms with Crippen molar-refractivity contribution in [3.63, 3.8) is 0 Å². The van der Waals surface area contributed by atoms with Gasteiger partial charge in [0.25, 0.3) is 0 Å². The second kappa shape index (κ2) is 7.36. The molecule has 0 bridgehead atoms. The summed E-state index contributed by atoms with van der Waals surface area (Å²) in [5, 5.41) is 3.47. The van der Waals surface area contributed by atoms with Crippen LogP contribution < -0.4 is 10.1 Å². The fraction of sp³-hybridized carbons (Fsp3) is 0.444. The van der Waals surface area contributed by atoms with E-state index < -0.39 is 0 Å². The molecular formula is C18H23N3O. The summed E-state index contributed by atoms with van der Waals surface area (Å²) < 4.78 is 5.23. The van der Waals surface area contributed by atoms with Crippen LogP contribution in [-0.4, -0.2) is 30.2 Å². The topological polar surface area (TPSA) is 47.0 Å². The van der Waals surface area contributed by atoms with Gasteiger partial charge in [0, 0.05) is 18.0 Å². The summed E-state index contributed by atoms with van der Waals surface area (Å²) >= 11 is 0. The highest BCUT2D eigenvalue weighted by Crippen LogP contribution is 2.26. The molecule has 0 aliphatic carbocycles. The molecule has 4 heteroatoms. The van der Waals surface area contributed by atoms with E-state index in [-0.39, 0.29) is 0 Å². The molecule has 1 aliphatic heterocycles. The fourth-order valence-electron chi connectivity index (χ4n) is 3.08. The molecule has 2 heterocycles. The molecule has 4 nitrogen and oxygen atoms in total. The number of rotatable bonds is 4. The second-order valence-corrected chi connectivity index (χ2v) is 5.83. The van der Waals surface area contributed by atoms with Crippen LogP contribution in [0.3, 0.4) is 0 Å². The Hall–Kier alpha value is -1.94. The zero-order valence-electron chi connectivity index (χ0n) is 13.1. The molecule has 116 valence electrons. The first-order valence-electron chi connectivity index (χ1n) is 8.02. The average molecular weight is 297 g/mol. The van der Waals surface area contributed by atoms with Crippen molar-refractivity contribution in [3.8, 4) is 17.0 Å². The molecule has 0 radical (unpaired) electrons. The molecule has 3 rings (SSSR count). The van der Waals surface area contributed by atoms with Gasteiger partial charge in [-0.1, -0.05) is 0 Å². The Morgan fingerprint density at radius 3 is 2.73 bits per heavy atom. The normalized spacial score (nSPS) is 18.7. The minimum Gasteiger partial charge on any atom is -0.497 e. The molecule has 1 aromatic carbocycles. The van der Waals surface area contributed by atoms with Crippen molar-refractivity contribution in [1.29, 1.82) is 0 Å². The average Bonchev–Trinajstić information content (AvgIpc) is 2.84. The molecule has 0 saturated carbocycles. The van der Waals surface area contributed by atoms with Crippen molar-refractivity contribution in [2.45, 2.75) is 25.7 Å². The van der Waals surface area contributed by atoms with Crippen LogP contribution in [0.25, 0.3) is 11.3 Å². The molecule has 1 aliphatic rings. The standard InChI is InChI=1S/C18H23N3O/c1-22-16-6-4-15(5-7-16)18-17(20-11-12-21-18)13-14-3-2-9-19-10-8-14/h4-7,11-12,14,19H,2-3,8-10,13H2,1H3. The van der Waals surface area contributed by atoms with Gasteiger partial charge < -0.3 is 10.1 Å². The summed E-state index contributed by atoms with van der Waals surface area (Å²) in [7, 11) is 1.68. The molecular weight excluding hydrogens is 274 g/mol. The van der Waals surface area contributed by atoms with Crippen LogP contribution in [0, 0.1) is 5.92 Å². The van der Waals surface area contributed by atoms with Gasteiger partial charge in [0.05, 0.1) is 18.5 Å². The number of nitrogens with one attached hydrogen (secondary N) is 1. The predicted octanol–water partition coefficient (Wildman–Crippen LogP) is 3.08. The second-order valence-electron chi connectivity index (χ2n) is 5.83. The van der Waals surface area contributed by atoms with E-state index in [2.05, 4.69) is 27.4 Å². The third-order valence-corrected chi connectivity index (χ3v) is 4.31. The summed E-state index contributed by atoms with van der Waals surface area (Å²) in [5.74, 6) is 1.56. The zero-order chi connectivity index (χ0) is 15.2. The number of benzene rings is 1. The van der Waals surface area contributed by atoms with Gasteiger partial charge >= 0.3 is 0 Å². The van der Waals surface area contributed by atoms with Gasteiger partial charge in [0.1, 0.15) is 5.75 Å². The van der Waals surface area contributed by atoms with Crippen LogP contribution in [0.2, 0.25) is 0 Å². The molecule has 2 aromatic rings. The first kappa shape index (κ1) is 15.0. The zero-order valence-corrected chi connectivity index (χ0v) is 13.1. The Morgan fingerprint density at radius 2 is 1.91 bits per heavy atom. The Labute approximate surface area is 132 Å². The first-order valence-corrected chi connectivity index (χ1v) is 8.02. The highest BCUT2D eigenvalue weighted by atomic mass is 16.5. The van der Waals surface area contributed by atoms with Crippen molar-refractivity contribution in [1.82, 2.24) is 15.3 Å². The Kier molecular flexibility index (Phi) is 5.01. The number of hydrogen-bond acceptors (Lipinski definition) is 4. The summed E-state index contributed by atoms with van der Waals surface area (Å²) in [4.78, 5) is 9.18. The minimum absolute atomic E-state index is 0.698. The molecule has 0 spiro atoms. The maximum absolute atomic E-state index is 5.23. The van der Waals surface area contributed by atoms with Crippen molar-refractivity contribution in [3.05, 3.63) is 42.4 Å². The molecule has 0 amide bonds. The smallest absolute Gasteiger partial charge is 0.118 e. The number of ether oxygens (including phenoxy) is 1. The minimum atomic E-state index is 0.698. The lowest BCUT2D eigenvalue weighted by atomic mass is 9.93. The molecule has 1 fully saturated rings. The van der Waals surface area contributed by atoms with Crippen molar-refractivity contribution in [2.75, 3.05) is 20.2 Å². The largest absolute Gasteiger partial charge is 0.497 e. The number of hydrogen-bond donors (Lipinski definition) is 1. The van der Waals surface area contributed by atoms with Gasteiger partial charge in [-0.15, -0.1) is 0 Å². The molecule has 22 heavy (non-hydrogen) atoms. The van der Waals surface area contributed by atoms with Crippen LogP contribution >= 0.6 is 0 Å². The molecule has 1 unspecified atom stereocenters. The lowest BCUT2D eigenvalue weighted by molar-refractivity contribution is 0.415. The van der Waals surface area contributed by atoms with Crippen molar-refractivity contribution in [2.24, 2.45) is 5.92 Å². The monoisotopic (exact) mass is 297 g/mol. The predicted molar refractivity (Wildman–Crippen MR) is 87.9 cm³/mol. The Bertz CT molecular complexity index is 590. The van der Waals surface area contributed by atoms with Gasteiger partial charge in [-0.2, -0.15) is 0 Å². The summed E-state index contributed by atoms with van der Waals surface area (Å²) in [6.45, 7) is 2.26. The van der Waals surface area contributed by atoms with Gasteiger partial charge in [0.2, 0.25) is 0 Å². The van der Waals surface area contributed by atoms with Crippen LogP contribution in [-0.2, 0) is 6.42 Å². The molecule has 1 aromatic heterocycles. The lowest BCUT2D eigenvalue weighted by Gasteiger charge is -2.15. The highest BCUT2D eigenvalue weighted by Gasteiger charge is 2.16. The van der Waals surface area contributed by atoms with E-state index in [1.807, 2.05) is 12.1 Å². The van der Waals surface area contributed by atoms with Crippen molar-refractivity contribution >= 4 is 0 Å². The van der Waals surface area contributed by atoms with E-state index in [0.29, 0.717) is 5.92 Å². The van der Waals surface area contributed by atoms with Crippen LogP contribution in [0.15, 0.2) is 36.7 Å². The Morgan fingerprint density at radius 1 is 1.09 bits per heavy atom. The lowest BCUT2D eigenvalue weighted by Crippen LogP contribution is -2.15. The van der Waals surface area contributed by atoms with Crippen LogP contribution in [0.5, 0.6) is 5.75 Å². The Balaban J connectivity index is 1.82. The van der Waals surface area contributed by atoms with Gasteiger partial charge in [-0.05, 0) is 69.0 Å². The van der Waals surface area contributed by atoms with E-state index >= 15 is 0 Å². The maximum atomic E-state index is 5.23. The number of nitrogens with zero attached hydrogens (tertiary/aromatic N) is 2. The molecule has 1 atom stereocenters. The quantitative estimate of drug-likeness (QED) is 0.942. The maximum Gasteiger partial charge on any atom is 0.118 e. The summed E-state index contributed by atoms with van der Waals surface area (Å²) in [6.07, 6.45) is 8.33. The van der Waals surface area contributed by atoms with Crippen LogP contribution in [0.4, 0.5) is 0 Å². The van der Waals surface area contributed by atoms with E-state index in [0.717, 1.165) is 42.2 Å². The molecule has 1 N–H and O–H groups in total. The van der Waals surface area contributed by atoms with E-state index in [4.69, 9.17) is 4.74 Å². The van der Waals surface area contributed by atoms with E-state index in [1.165, 1.54) is 19.3 Å². The third kappa shape index (κ3) is 3.63. The summed E-state index contributed by atoms with van der Waals surface area (Å²) in [6, 6.07) is 8.06. The molecule has 1 saturated heterocycles. The first-order chi connectivity index (χ1) is 10.9. The number of methoxy groups -OCH3 is 1. The SMILES string of the molecule is COc1ccc(-c2nccnc2CC2CCCNCC2)cc1. The van der Waals surface area contributed by atoms with Gasteiger partial charge in [-0.3, -0.25) is 9.97 Å². The van der Waals surface area contributed by atoms with Gasteiger partial charge in [0.15, 0.2) is 0 Å². The highest BCUT2D eigenvalue weighted by molar-refractivity contribution is 5.62.